The van der Waals surface area contributed by atoms with E-state index >= 15 is 0 Å². The maximum absolute atomic E-state index is 14.1. The van der Waals surface area contributed by atoms with Crippen molar-refractivity contribution in [3.05, 3.63) is 58.2 Å². The van der Waals surface area contributed by atoms with Gasteiger partial charge >= 0.3 is 12.4 Å². The van der Waals surface area contributed by atoms with E-state index in [4.69, 9.17) is 0 Å². The van der Waals surface area contributed by atoms with E-state index in [0.717, 1.165) is 23.8 Å². The van der Waals surface area contributed by atoms with Gasteiger partial charge in [0, 0.05) is 0 Å². The summed E-state index contributed by atoms with van der Waals surface area (Å²) < 4.78 is 84.8. The molecule has 144 valence electrons. The van der Waals surface area contributed by atoms with Crippen molar-refractivity contribution in [3.8, 4) is 0 Å². The van der Waals surface area contributed by atoms with Gasteiger partial charge in [0.15, 0.2) is 0 Å². The Morgan fingerprint density at radius 3 is 1.77 bits per heavy atom. The molecule has 0 heterocycles. The van der Waals surface area contributed by atoms with Gasteiger partial charge < -0.3 is 0 Å². The lowest BCUT2D eigenvalue weighted by molar-refractivity contribution is -0.291. The topological polar surface area (TPSA) is 0 Å². The van der Waals surface area contributed by atoms with Crippen LogP contribution < -0.4 is 0 Å². The van der Waals surface area contributed by atoms with Crippen molar-refractivity contribution < 1.29 is 26.3 Å². The van der Waals surface area contributed by atoms with Gasteiger partial charge in [0.25, 0.3) is 0 Å². The molecule has 0 saturated carbocycles. The second-order valence-corrected chi connectivity index (χ2v) is 7.65. The monoisotopic (exact) mass is 376 g/mol. The molecule has 2 rings (SSSR count). The summed E-state index contributed by atoms with van der Waals surface area (Å²) in [7, 11) is 0. The zero-order valence-corrected chi connectivity index (χ0v) is 15.4. The van der Waals surface area contributed by atoms with E-state index in [2.05, 4.69) is 0 Å². The molecule has 1 aromatic carbocycles. The average molecular weight is 376 g/mol. The van der Waals surface area contributed by atoms with E-state index in [1.165, 1.54) is 19.1 Å². The van der Waals surface area contributed by atoms with Gasteiger partial charge in [0.2, 0.25) is 5.41 Å². The van der Waals surface area contributed by atoms with Gasteiger partial charge in [0.1, 0.15) is 0 Å². The van der Waals surface area contributed by atoms with Crippen LogP contribution in [0.25, 0.3) is 0 Å². The number of allylic oxidation sites excluding steroid dienone is 4. The predicted octanol–water partition coefficient (Wildman–Crippen LogP) is 6.97. The Morgan fingerprint density at radius 2 is 1.35 bits per heavy atom. The lowest BCUT2D eigenvalue weighted by Crippen LogP contribution is -2.56. The highest BCUT2D eigenvalue weighted by Crippen LogP contribution is 2.59. The summed E-state index contributed by atoms with van der Waals surface area (Å²) in [6, 6.07) is 3.27. The maximum atomic E-state index is 14.1. The molecule has 0 aromatic heterocycles. The third kappa shape index (κ3) is 3.08. The standard InChI is InChI=1S/C20H22F6/c1-12-6-8-15(10-13(12)2)18(19(21,22)23,20(24,25)26)16-9-7-14(3)17(4,5)11-16/h6-10H,11H2,1-5H3. The number of hydrogen-bond donors (Lipinski definition) is 0. The number of halogens is 6. The molecule has 0 nitrogen and oxygen atoms in total. The van der Waals surface area contributed by atoms with Crippen LogP contribution >= 0.6 is 0 Å². The smallest absolute Gasteiger partial charge is 0.169 e. The van der Waals surface area contributed by atoms with Gasteiger partial charge in [-0.05, 0) is 54.9 Å². The molecule has 0 fully saturated rings. The first-order valence-electron chi connectivity index (χ1n) is 8.24. The van der Waals surface area contributed by atoms with Crippen LogP contribution in [0.15, 0.2) is 41.5 Å². The molecule has 0 amide bonds. The minimum atomic E-state index is -5.52. The molecule has 0 unspecified atom stereocenters. The zero-order valence-electron chi connectivity index (χ0n) is 15.4. The van der Waals surface area contributed by atoms with E-state index in [-0.39, 0.29) is 6.42 Å². The van der Waals surface area contributed by atoms with Crippen LogP contribution in [0, 0.1) is 19.3 Å². The summed E-state index contributed by atoms with van der Waals surface area (Å²) in [5.41, 5.74) is -4.48. The Hall–Kier alpha value is -1.72. The molecule has 0 radical (unpaired) electrons. The molecule has 0 saturated heterocycles. The highest BCUT2D eigenvalue weighted by molar-refractivity contribution is 5.48. The Balaban J connectivity index is 2.89. The van der Waals surface area contributed by atoms with Crippen LogP contribution in [0.5, 0.6) is 0 Å². The van der Waals surface area contributed by atoms with E-state index in [0.29, 0.717) is 11.1 Å². The number of alkyl halides is 6. The number of aryl methyl sites for hydroxylation is 2. The molecular weight excluding hydrogens is 354 g/mol. The zero-order chi connectivity index (χ0) is 20.1. The van der Waals surface area contributed by atoms with Gasteiger partial charge in [-0.15, -0.1) is 0 Å². The minimum absolute atomic E-state index is 0.318. The summed E-state index contributed by atoms with van der Waals surface area (Å²) >= 11 is 0. The second-order valence-electron chi connectivity index (χ2n) is 7.65. The van der Waals surface area contributed by atoms with Gasteiger partial charge in [-0.25, -0.2) is 0 Å². The van der Waals surface area contributed by atoms with Gasteiger partial charge in [-0.1, -0.05) is 49.8 Å². The first-order chi connectivity index (χ1) is 11.6. The van der Waals surface area contributed by atoms with Crippen molar-refractivity contribution >= 4 is 0 Å². The minimum Gasteiger partial charge on any atom is -0.169 e. The van der Waals surface area contributed by atoms with Crippen LogP contribution in [0.2, 0.25) is 0 Å². The maximum Gasteiger partial charge on any atom is 0.410 e. The summed E-state index contributed by atoms with van der Waals surface area (Å²) in [6.07, 6.45) is -8.99. The molecular formula is C20H22F6. The third-order valence-corrected chi connectivity index (χ3v) is 5.51. The molecule has 26 heavy (non-hydrogen) atoms. The van der Waals surface area contributed by atoms with Crippen molar-refractivity contribution in [1.29, 1.82) is 0 Å². The fourth-order valence-electron chi connectivity index (χ4n) is 3.40. The fraction of sp³-hybridized carbons (Fsp3) is 0.500. The van der Waals surface area contributed by atoms with Crippen molar-refractivity contribution in [2.24, 2.45) is 5.41 Å². The van der Waals surface area contributed by atoms with Crippen LogP contribution in [0.3, 0.4) is 0 Å². The van der Waals surface area contributed by atoms with Crippen LogP contribution in [-0.2, 0) is 5.41 Å². The highest BCUT2D eigenvalue weighted by atomic mass is 19.4. The van der Waals surface area contributed by atoms with Crippen molar-refractivity contribution in [2.75, 3.05) is 0 Å². The molecule has 1 aliphatic carbocycles. The Bertz CT molecular complexity index is 745. The summed E-state index contributed by atoms with van der Waals surface area (Å²) in [5, 5.41) is 0. The number of rotatable bonds is 2. The van der Waals surface area contributed by atoms with Crippen LogP contribution in [0.4, 0.5) is 26.3 Å². The van der Waals surface area contributed by atoms with E-state index in [1.807, 2.05) is 0 Å². The lowest BCUT2D eigenvalue weighted by Gasteiger charge is -2.44. The molecule has 0 spiro atoms. The molecule has 0 N–H and O–H groups in total. The van der Waals surface area contributed by atoms with Gasteiger partial charge in [-0.3, -0.25) is 0 Å². The Morgan fingerprint density at radius 1 is 0.808 bits per heavy atom. The van der Waals surface area contributed by atoms with Crippen molar-refractivity contribution in [1.82, 2.24) is 0 Å². The summed E-state index contributed by atoms with van der Waals surface area (Å²) in [6.45, 7) is 8.19. The third-order valence-electron chi connectivity index (χ3n) is 5.51. The lowest BCUT2D eigenvalue weighted by atomic mass is 9.64. The molecule has 0 atom stereocenters. The summed E-state index contributed by atoms with van der Waals surface area (Å²) in [5.74, 6) is 0. The van der Waals surface area contributed by atoms with E-state index in [1.54, 1.807) is 27.7 Å². The normalized spacial score (nSPS) is 18.4. The van der Waals surface area contributed by atoms with E-state index in [9.17, 15) is 26.3 Å². The number of benzene rings is 1. The molecule has 1 aromatic rings. The largest absolute Gasteiger partial charge is 0.410 e. The molecule has 6 heteroatoms. The first-order valence-corrected chi connectivity index (χ1v) is 8.24. The van der Waals surface area contributed by atoms with E-state index < -0.39 is 34.3 Å². The Kier molecular flexibility index (Phi) is 4.89. The molecule has 1 aliphatic rings. The average Bonchev–Trinajstić information content (AvgIpc) is 2.44. The fourth-order valence-corrected chi connectivity index (χ4v) is 3.40. The second kappa shape index (κ2) is 6.17. The quantitative estimate of drug-likeness (QED) is 0.489. The van der Waals surface area contributed by atoms with Gasteiger partial charge in [-0.2, -0.15) is 26.3 Å². The first kappa shape index (κ1) is 20.6. The Labute approximate surface area is 149 Å². The molecule has 0 bridgehead atoms. The number of hydrogen-bond acceptors (Lipinski definition) is 0. The SMILES string of the molecule is CC1=CC=C(C(c2ccc(C)c(C)c2)(C(F)(F)F)C(F)(F)F)CC1(C)C. The van der Waals surface area contributed by atoms with Crippen LogP contribution in [-0.4, -0.2) is 12.4 Å². The van der Waals surface area contributed by atoms with Crippen molar-refractivity contribution in [2.45, 2.75) is 58.8 Å². The van der Waals surface area contributed by atoms with Crippen molar-refractivity contribution in [3.63, 3.8) is 0 Å². The molecule has 0 aliphatic heterocycles. The highest BCUT2D eigenvalue weighted by Gasteiger charge is 2.73. The predicted molar refractivity (Wildman–Crippen MR) is 89.9 cm³/mol. The van der Waals surface area contributed by atoms with Gasteiger partial charge in [0.05, 0.1) is 0 Å². The van der Waals surface area contributed by atoms with Crippen LogP contribution in [0.1, 0.15) is 43.9 Å². The summed E-state index contributed by atoms with van der Waals surface area (Å²) in [4.78, 5) is 0.